The number of likely N-dealkylation sites (tertiary alicyclic amines) is 1. The Morgan fingerprint density at radius 1 is 1.18 bits per heavy atom. The van der Waals surface area contributed by atoms with Crippen molar-refractivity contribution >= 4 is 29.8 Å². The zero-order chi connectivity index (χ0) is 32.1. The van der Waals surface area contributed by atoms with Crippen LogP contribution in [0.3, 0.4) is 0 Å². The van der Waals surface area contributed by atoms with Gasteiger partial charge in [-0.1, -0.05) is 6.07 Å². The molecule has 15 nitrogen and oxygen atoms in total. The molecule has 1 saturated heterocycles. The van der Waals surface area contributed by atoms with Crippen molar-refractivity contribution < 1.29 is 63.3 Å². The Morgan fingerprint density at radius 2 is 1.91 bits per heavy atom. The first-order valence-electron chi connectivity index (χ1n) is 14.1. The van der Waals surface area contributed by atoms with Gasteiger partial charge in [0.2, 0.25) is 0 Å². The SMILES string of the molecule is COc1ccc2c3c1O[C@H]1C(OC(=O)C[C@H](O)C(=O)O[C@@H](C)C(=O)N[C@@H](CC(=O)O)C(=O)O)=CC[C@@]4(O)[C@@H](C2)N(C)CC[C@]314. The van der Waals surface area contributed by atoms with Gasteiger partial charge in [0.25, 0.3) is 5.91 Å². The van der Waals surface area contributed by atoms with E-state index in [1.807, 2.05) is 18.4 Å². The number of likely N-dealkylation sites (N-methyl/N-ethyl adjacent to an activating group) is 1. The summed E-state index contributed by atoms with van der Waals surface area (Å²) in [7, 11) is 3.47. The summed E-state index contributed by atoms with van der Waals surface area (Å²) in [5, 5.41) is 42.4. The number of carbonyl (C=O) groups excluding carboxylic acids is 3. The highest BCUT2D eigenvalue weighted by Gasteiger charge is 2.72. The van der Waals surface area contributed by atoms with E-state index in [9.17, 15) is 34.2 Å². The summed E-state index contributed by atoms with van der Waals surface area (Å²) >= 11 is 0. The zero-order valence-corrected chi connectivity index (χ0v) is 24.3. The van der Waals surface area contributed by atoms with Gasteiger partial charge in [-0.25, -0.2) is 9.59 Å². The van der Waals surface area contributed by atoms with Gasteiger partial charge < -0.3 is 49.6 Å². The summed E-state index contributed by atoms with van der Waals surface area (Å²) in [6.45, 7) is 1.74. The molecule has 0 aromatic heterocycles. The summed E-state index contributed by atoms with van der Waals surface area (Å²) in [6, 6.07) is 1.77. The second kappa shape index (κ2) is 11.4. The summed E-state index contributed by atoms with van der Waals surface area (Å²) in [5.74, 6) is -5.47. The predicted octanol–water partition coefficient (Wildman–Crippen LogP) is -0.757. The molecule has 5 N–H and O–H groups in total. The first-order valence-corrected chi connectivity index (χ1v) is 14.1. The summed E-state index contributed by atoms with van der Waals surface area (Å²) in [6.07, 6.45) is -3.44. The monoisotopic (exact) mass is 618 g/mol. The topological polar surface area (TPSA) is 218 Å². The molecule has 1 spiro atoms. The van der Waals surface area contributed by atoms with Crippen LogP contribution in [0.5, 0.6) is 11.5 Å². The van der Waals surface area contributed by atoms with E-state index >= 15 is 0 Å². The molecule has 0 unspecified atom stereocenters. The van der Waals surface area contributed by atoms with E-state index in [0.717, 1.165) is 18.1 Å². The van der Waals surface area contributed by atoms with Crippen LogP contribution in [0.4, 0.5) is 0 Å². The molecule has 1 aromatic carbocycles. The smallest absolute Gasteiger partial charge is 0.336 e. The quantitative estimate of drug-likeness (QED) is 0.193. The number of hydrogen-bond donors (Lipinski definition) is 5. The average Bonchev–Trinajstić information content (AvgIpc) is 3.31. The van der Waals surface area contributed by atoms with Crippen LogP contribution in [0, 0.1) is 0 Å². The standard InChI is InChI=1S/C29H34N2O13/c1-13(25(36)30-15(26(37)38)11-20(33)34)42-27(39)16(32)12-21(35)43-18-6-7-29(40)19-10-14-4-5-17(41-3)23-22(14)28(29,24(18)44-23)8-9-31(19)2/h4-6,13,15-16,19,24,32,40H,7-12H2,1-3H3,(H,30,36)(H,33,34)(H,37,38)/t13-,15-,16-,19+,24-,28-,29+/m0/s1. The first-order chi connectivity index (χ1) is 20.7. The minimum atomic E-state index is -2.04. The number of esters is 2. The van der Waals surface area contributed by atoms with Crippen molar-refractivity contribution in [1.82, 2.24) is 10.2 Å². The number of nitrogens with zero attached hydrogens (tertiary/aromatic N) is 1. The maximum absolute atomic E-state index is 12.9. The minimum absolute atomic E-state index is 0.125. The van der Waals surface area contributed by atoms with Crippen LogP contribution in [0.15, 0.2) is 24.0 Å². The summed E-state index contributed by atoms with van der Waals surface area (Å²) in [5.41, 5.74) is -0.318. The van der Waals surface area contributed by atoms with E-state index in [0.29, 0.717) is 30.9 Å². The lowest BCUT2D eigenvalue weighted by Crippen LogP contribution is -2.74. The lowest BCUT2D eigenvalue weighted by Gasteiger charge is -2.61. The molecule has 1 fully saturated rings. The van der Waals surface area contributed by atoms with Gasteiger partial charge in [0, 0.05) is 18.0 Å². The Bertz CT molecular complexity index is 1440. The maximum atomic E-state index is 12.9. The molecule has 1 amide bonds. The van der Waals surface area contributed by atoms with Gasteiger partial charge in [-0.15, -0.1) is 0 Å². The van der Waals surface area contributed by atoms with Gasteiger partial charge in [0.1, 0.15) is 11.8 Å². The van der Waals surface area contributed by atoms with Crippen molar-refractivity contribution in [3.8, 4) is 11.5 Å². The Labute approximate surface area is 251 Å². The Kier molecular flexibility index (Phi) is 8.07. The highest BCUT2D eigenvalue weighted by Crippen LogP contribution is 2.65. The number of carboxylic acids is 2. The number of aliphatic hydroxyl groups excluding tert-OH is 1. The first kappa shape index (κ1) is 31.2. The maximum Gasteiger partial charge on any atom is 0.336 e. The average molecular weight is 619 g/mol. The molecule has 44 heavy (non-hydrogen) atoms. The molecule has 15 heteroatoms. The van der Waals surface area contributed by atoms with Gasteiger partial charge in [-0.2, -0.15) is 0 Å². The fraction of sp³-hybridized carbons (Fsp3) is 0.552. The van der Waals surface area contributed by atoms with Crippen molar-refractivity contribution in [2.24, 2.45) is 0 Å². The largest absolute Gasteiger partial charge is 0.493 e. The number of amides is 1. The number of methoxy groups -OCH3 is 1. The molecule has 0 radical (unpaired) electrons. The van der Waals surface area contributed by atoms with Crippen LogP contribution in [-0.4, -0.2) is 112 Å². The number of nitrogens with one attached hydrogen (secondary N) is 1. The Balaban J connectivity index is 1.27. The Morgan fingerprint density at radius 3 is 2.57 bits per heavy atom. The van der Waals surface area contributed by atoms with Gasteiger partial charge in [-0.3, -0.25) is 14.4 Å². The molecule has 238 valence electrons. The Hall–Kier alpha value is -4.21. The highest BCUT2D eigenvalue weighted by molar-refractivity contribution is 5.90. The van der Waals surface area contributed by atoms with E-state index in [1.54, 1.807) is 12.1 Å². The molecule has 5 rings (SSSR count). The lowest BCUT2D eigenvalue weighted by atomic mass is 9.50. The molecule has 1 aromatic rings. The number of rotatable bonds is 11. The van der Waals surface area contributed by atoms with E-state index in [1.165, 1.54) is 7.11 Å². The van der Waals surface area contributed by atoms with Gasteiger partial charge >= 0.3 is 23.9 Å². The molecule has 2 aliphatic heterocycles. The van der Waals surface area contributed by atoms with Gasteiger partial charge in [0.15, 0.2) is 29.8 Å². The number of aliphatic hydroxyl groups is 2. The van der Waals surface area contributed by atoms with Crippen LogP contribution in [-0.2, 0) is 45.3 Å². The van der Waals surface area contributed by atoms with Crippen LogP contribution in [0.1, 0.15) is 43.7 Å². The van der Waals surface area contributed by atoms with Crippen LogP contribution in [0.25, 0.3) is 0 Å². The summed E-state index contributed by atoms with van der Waals surface area (Å²) < 4.78 is 22.4. The molecule has 0 saturated carbocycles. The number of hydrogen-bond acceptors (Lipinski definition) is 12. The molecule has 2 aliphatic carbocycles. The molecular weight excluding hydrogens is 584 g/mol. The third-order valence-electron chi connectivity index (χ3n) is 9.08. The van der Waals surface area contributed by atoms with Crippen molar-refractivity contribution in [3.05, 3.63) is 35.1 Å². The fourth-order valence-corrected chi connectivity index (χ4v) is 6.97. The van der Waals surface area contributed by atoms with Crippen molar-refractivity contribution in [3.63, 3.8) is 0 Å². The second-order valence-electron chi connectivity index (χ2n) is 11.6. The third-order valence-corrected chi connectivity index (χ3v) is 9.08. The molecule has 2 bridgehead atoms. The predicted molar refractivity (Wildman–Crippen MR) is 146 cm³/mol. The van der Waals surface area contributed by atoms with Crippen LogP contribution in [0.2, 0.25) is 0 Å². The van der Waals surface area contributed by atoms with Gasteiger partial charge in [0.05, 0.1) is 31.0 Å². The minimum Gasteiger partial charge on any atom is -0.493 e. The third kappa shape index (κ3) is 4.94. The fourth-order valence-electron chi connectivity index (χ4n) is 6.97. The molecule has 7 atom stereocenters. The van der Waals surface area contributed by atoms with Crippen molar-refractivity contribution in [2.75, 3.05) is 20.7 Å². The lowest BCUT2D eigenvalue weighted by molar-refractivity contribution is -0.172. The van der Waals surface area contributed by atoms with Crippen molar-refractivity contribution in [1.29, 1.82) is 0 Å². The number of carbonyl (C=O) groups is 5. The van der Waals surface area contributed by atoms with Crippen LogP contribution >= 0.6 is 0 Å². The molecule has 4 aliphatic rings. The van der Waals surface area contributed by atoms with Crippen molar-refractivity contribution in [2.45, 2.75) is 80.4 Å². The number of aliphatic carboxylic acids is 2. The summed E-state index contributed by atoms with van der Waals surface area (Å²) in [4.78, 5) is 61.7. The number of benzene rings is 1. The van der Waals surface area contributed by atoms with E-state index < -0.39 is 78.0 Å². The second-order valence-corrected chi connectivity index (χ2v) is 11.6. The molecule has 2 heterocycles. The highest BCUT2D eigenvalue weighted by atomic mass is 16.6. The zero-order valence-electron chi connectivity index (χ0n) is 24.3. The number of carboxylic acid groups (broad SMARTS) is 2. The van der Waals surface area contributed by atoms with E-state index in [2.05, 4.69) is 4.90 Å². The number of ether oxygens (including phenoxy) is 4. The number of piperidine rings is 1. The van der Waals surface area contributed by atoms with E-state index in [-0.39, 0.29) is 18.2 Å². The van der Waals surface area contributed by atoms with Gasteiger partial charge in [-0.05, 0) is 51.1 Å². The molecular formula is C29H34N2O13. The van der Waals surface area contributed by atoms with Crippen LogP contribution < -0.4 is 14.8 Å². The normalized spacial score (nSPS) is 28.2. The van der Waals surface area contributed by atoms with E-state index in [4.69, 9.17) is 29.2 Å².